The fourth-order valence-electron chi connectivity index (χ4n) is 6.86. The van der Waals surface area contributed by atoms with Gasteiger partial charge in [-0.05, 0) is 0 Å². The zero-order chi connectivity index (χ0) is 42.5. The van der Waals surface area contributed by atoms with Crippen molar-refractivity contribution in [2.24, 2.45) is 0 Å². The SMILES string of the molecule is CC(=O)N[C@H]1[C@H](OC[C@H]2O[C@@H](O[C@H]3[C@H](OC(C)=O)[C@@H](OC(C)=O)[C@H](O)O[C@@H]3CO)[C@H](O)[C@@H](O[C@@H]3O[C@H](CO)[C@@H](O)[C@H](O)[C@H]3NC(C)=O)[C@H]2O)O[C@H](CO)[C@@H](O)[C@@H]1O. The van der Waals surface area contributed by atoms with Crippen molar-refractivity contribution in [3.05, 3.63) is 0 Å². The van der Waals surface area contributed by atoms with Crippen LogP contribution in [0.2, 0.25) is 0 Å². The Balaban J connectivity index is 1.71. The lowest BCUT2D eigenvalue weighted by molar-refractivity contribution is -0.377. The van der Waals surface area contributed by atoms with E-state index in [0.717, 1.165) is 27.7 Å². The standard InChI is InChI=1S/C32H52N2O23/c1-9(38)33-17-22(45)19(42)13(5-35)53-30(17)49-8-16-21(44)26(57-31-18(34-10(2)39)23(46)20(43)14(6-36)54-31)24(47)32(55-16)56-25-15(7-37)52-29(48)28(51-12(4)41)27(25)50-11(3)40/h13-32,35-37,42-48H,5-8H2,1-4H3,(H,33,38)(H,34,39)/t13-,14-,15-,16-,17-,18-,19-,20-,21+,22-,23-,24-,25-,26+,27+,28-,29-,30-,31+,32+/m1/s1. The third-order valence-corrected chi connectivity index (χ3v) is 9.54. The predicted molar refractivity (Wildman–Crippen MR) is 176 cm³/mol. The van der Waals surface area contributed by atoms with E-state index in [1.807, 2.05) is 0 Å². The molecular formula is C32H52N2O23. The lowest BCUT2D eigenvalue weighted by Gasteiger charge is -2.49. The van der Waals surface area contributed by atoms with E-state index < -0.39 is 173 Å². The minimum Gasteiger partial charge on any atom is -0.455 e. The van der Waals surface area contributed by atoms with Gasteiger partial charge >= 0.3 is 11.9 Å². The lowest BCUT2D eigenvalue weighted by Crippen LogP contribution is -2.69. The second kappa shape index (κ2) is 20.4. The van der Waals surface area contributed by atoms with Crippen LogP contribution in [0.5, 0.6) is 0 Å². The smallest absolute Gasteiger partial charge is 0.303 e. The van der Waals surface area contributed by atoms with E-state index in [2.05, 4.69) is 10.6 Å². The van der Waals surface area contributed by atoms with Crippen LogP contribution in [-0.2, 0) is 61.8 Å². The normalized spacial score (nSPS) is 43.8. The van der Waals surface area contributed by atoms with Gasteiger partial charge in [-0.2, -0.15) is 0 Å². The molecule has 0 aromatic carbocycles. The number of carbonyl (C=O) groups excluding carboxylic acids is 4. The van der Waals surface area contributed by atoms with Crippen LogP contribution in [-0.4, -0.2) is 224 Å². The summed E-state index contributed by atoms with van der Waals surface area (Å²) in [5, 5.41) is 111. The molecule has 2 amide bonds. The van der Waals surface area contributed by atoms with E-state index in [9.17, 15) is 70.2 Å². The maximum absolute atomic E-state index is 12.2. The van der Waals surface area contributed by atoms with Gasteiger partial charge in [-0.1, -0.05) is 0 Å². The molecule has 57 heavy (non-hydrogen) atoms. The van der Waals surface area contributed by atoms with Crippen molar-refractivity contribution in [3.63, 3.8) is 0 Å². The molecule has 4 aliphatic heterocycles. The summed E-state index contributed by atoms with van der Waals surface area (Å²) in [6, 6.07) is -3.04. The number of aliphatic hydroxyl groups is 10. The number of hydrogen-bond donors (Lipinski definition) is 12. The Morgan fingerprint density at radius 2 is 0.947 bits per heavy atom. The Morgan fingerprint density at radius 3 is 1.44 bits per heavy atom. The molecule has 0 saturated carbocycles. The van der Waals surface area contributed by atoms with Crippen LogP contribution in [0.25, 0.3) is 0 Å². The van der Waals surface area contributed by atoms with Crippen LogP contribution in [0.4, 0.5) is 0 Å². The highest BCUT2D eigenvalue weighted by atomic mass is 16.8. The first-order valence-corrected chi connectivity index (χ1v) is 17.8. The fourth-order valence-corrected chi connectivity index (χ4v) is 6.86. The van der Waals surface area contributed by atoms with E-state index in [-0.39, 0.29) is 0 Å². The molecule has 25 heteroatoms. The third kappa shape index (κ3) is 11.1. The molecule has 0 spiro atoms. The molecule has 0 aliphatic carbocycles. The Kier molecular flexibility index (Phi) is 16.8. The van der Waals surface area contributed by atoms with Gasteiger partial charge in [0.25, 0.3) is 0 Å². The Bertz CT molecular complexity index is 1360. The molecule has 4 heterocycles. The van der Waals surface area contributed by atoms with Gasteiger partial charge in [-0.3, -0.25) is 19.2 Å². The van der Waals surface area contributed by atoms with Crippen molar-refractivity contribution in [1.82, 2.24) is 10.6 Å². The first kappa shape index (κ1) is 46.9. The first-order chi connectivity index (χ1) is 26.8. The van der Waals surface area contributed by atoms with Crippen molar-refractivity contribution < 1.29 is 113 Å². The predicted octanol–water partition coefficient (Wildman–Crippen LogP) is -8.32. The van der Waals surface area contributed by atoms with Crippen molar-refractivity contribution in [3.8, 4) is 0 Å². The molecule has 0 aromatic heterocycles. The van der Waals surface area contributed by atoms with Crippen molar-refractivity contribution in [2.45, 2.75) is 150 Å². The van der Waals surface area contributed by atoms with Gasteiger partial charge in [0, 0.05) is 27.7 Å². The molecule has 20 atom stereocenters. The van der Waals surface area contributed by atoms with Crippen LogP contribution in [0.15, 0.2) is 0 Å². The number of carbonyl (C=O) groups is 4. The third-order valence-electron chi connectivity index (χ3n) is 9.54. The van der Waals surface area contributed by atoms with Crippen LogP contribution in [0.1, 0.15) is 27.7 Å². The summed E-state index contributed by atoms with van der Waals surface area (Å²) < 4.78 is 50.6. The van der Waals surface area contributed by atoms with E-state index in [1.54, 1.807) is 0 Å². The number of amides is 2. The largest absolute Gasteiger partial charge is 0.455 e. The second-order valence-corrected chi connectivity index (χ2v) is 13.8. The minimum absolute atomic E-state index is 0.688. The molecule has 12 N–H and O–H groups in total. The van der Waals surface area contributed by atoms with Gasteiger partial charge in [0.15, 0.2) is 37.4 Å². The summed E-state index contributed by atoms with van der Waals surface area (Å²) in [5.41, 5.74) is 0. The zero-order valence-electron chi connectivity index (χ0n) is 31.2. The summed E-state index contributed by atoms with van der Waals surface area (Å²) in [6.07, 6.45) is -32.0. The number of rotatable bonds is 14. The number of ether oxygens (including phenoxy) is 9. The van der Waals surface area contributed by atoms with Crippen LogP contribution < -0.4 is 10.6 Å². The first-order valence-electron chi connectivity index (χ1n) is 17.8. The Hall–Kier alpha value is -2.80. The van der Waals surface area contributed by atoms with Crippen molar-refractivity contribution >= 4 is 23.8 Å². The highest BCUT2D eigenvalue weighted by Crippen LogP contribution is 2.35. The lowest BCUT2D eigenvalue weighted by atomic mass is 9.94. The second-order valence-electron chi connectivity index (χ2n) is 13.8. The average molecular weight is 833 g/mol. The summed E-state index contributed by atoms with van der Waals surface area (Å²) >= 11 is 0. The maximum atomic E-state index is 12.2. The van der Waals surface area contributed by atoms with Crippen molar-refractivity contribution in [1.29, 1.82) is 0 Å². The molecule has 4 saturated heterocycles. The Labute approximate surface area is 324 Å². The average Bonchev–Trinajstić information content (AvgIpc) is 3.14. The van der Waals surface area contributed by atoms with Gasteiger partial charge in [0.05, 0.1) is 26.4 Å². The highest BCUT2D eigenvalue weighted by Gasteiger charge is 2.56. The number of aliphatic hydroxyl groups excluding tert-OH is 10. The van der Waals surface area contributed by atoms with Gasteiger partial charge in [0.2, 0.25) is 11.8 Å². The number of esters is 2. The topological polar surface area (TPSA) is 378 Å². The molecular weight excluding hydrogens is 780 g/mol. The van der Waals surface area contributed by atoms with Gasteiger partial charge < -0.3 is 104 Å². The Morgan fingerprint density at radius 1 is 0.491 bits per heavy atom. The summed E-state index contributed by atoms with van der Waals surface area (Å²) in [5.74, 6) is -3.36. The molecule has 0 radical (unpaired) electrons. The molecule has 0 unspecified atom stereocenters. The van der Waals surface area contributed by atoms with E-state index >= 15 is 0 Å². The minimum atomic E-state index is -2.14. The molecule has 25 nitrogen and oxygen atoms in total. The van der Waals surface area contributed by atoms with Gasteiger partial charge in [-0.15, -0.1) is 0 Å². The maximum Gasteiger partial charge on any atom is 0.303 e. The van der Waals surface area contributed by atoms with Gasteiger partial charge in [0.1, 0.15) is 85.3 Å². The molecule has 328 valence electrons. The monoisotopic (exact) mass is 832 g/mol. The number of hydrogen-bond acceptors (Lipinski definition) is 23. The summed E-state index contributed by atoms with van der Waals surface area (Å²) in [6.45, 7) is 0.711. The van der Waals surface area contributed by atoms with E-state index in [0.29, 0.717) is 0 Å². The summed E-state index contributed by atoms with van der Waals surface area (Å²) in [4.78, 5) is 48.2. The van der Waals surface area contributed by atoms with Crippen LogP contribution >= 0.6 is 0 Å². The van der Waals surface area contributed by atoms with Crippen molar-refractivity contribution in [2.75, 3.05) is 26.4 Å². The van der Waals surface area contributed by atoms with Crippen LogP contribution in [0, 0.1) is 0 Å². The molecule has 4 fully saturated rings. The molecule has 4 aliphatic rings. The highest BCUT2D eigenvalue weighted by molar-refractivity contribution is 5.73. The molecule has 4 rings (SSSR count). The van der Waals surface area contributed by atoms with Gasteiger partial charge in [-0.25, -0.2) is 0 Å². The van der Waals surface area contributed by atoms with E-state index in [4.69, 9.17) is 42.6 Å². The molecule has 0 bridgehead atoms. The number of nitrogens with one attached hydrogen (secondary N) is 2. The van der Waals surface area contributed by atoms with E-state index in [1.165, 1.54) is 0 Å². The van der Waals surface area contributed by atoms with Crippen LogP contribution in [0.3, 0.4) is 0 Å². The quantitative estimate of drug-likeness (QED) is 0.0723. The summed E-state index contributed by atoms with van der Waals surface area (Å²) in [7, 11) is 0. The molecule has 0 aromatic rings. The fraction of sp³-hybridized carbons (Fsp3) is 0.875. The zero-order valence-corrected chi connectivity index (χ0v) is 31.2.